The summed E-state index contributed by atoms with van der Waals surface area (Å²) >= 11 is 1.94. The van der Waals surface area contributed by atoms with Gasteiger partial charge in [0.05, 0.1) is 0 Å². The maximum absolute atomic E-state index is 2.47. The van der Waals surface area contributed by atoms with E-state index in [-0.39, 0.29) is 11.8 Å². The van der Waals surface area contributed by atoms with Crippen molar-refractivity contribution >= 4 is 64.2 Å². The zero-order valence-electron chi connectivity index (χ0n) is 30.9. The minimum atomic E-state index is 0.245. The van der Waals surface area contributed by atoms with Gasteiger partial charge in [-0.1, -0.05) is 170 Å². The van der Waals surface area contributed by atoms with Gasteiger partial charge in [-0.25, -0.2) is 0 Å². The first-order valence-electron chi connectivity index (χ1n) is 19.4. The largest absolute Gasteiger partial charge is 0.135 e. The van der Waals surface area contributed by atoms with Crippen molar-refractivity contribution in [1.29, 1.82) is 0 Å². The summed E-state index contributed by atoms with van der Waals surface area (Å²) in [6, 6.07) is 59.0. The Labute approximate surface area is 325 Å². The molecule has 0 N–H and O–H groups in total. The molecule has 0 aliphatic heterocycles. The van der Waals surface area contributed by atoms with Crippen LogP contribution >= 0.6 is 11.3 Å². The first-order chi connectivity index (χ1) is 27.2. The van der Waals surface area contributed by atoms with Crippen LogP contribution in [0.4, 0.5) is 0 Å². The number of hydrogen-bond acceptors (Lipinski definition) is 1. The summed E-state index contributed by atoms with van der Waals surface area (Å²) in [6.07, 6.45) is 9.33. The second kappa shape index (κ2) is 12.7. The van der Waals surface area contributed by atoms with E-state index in [0.717, 1.165) is 0 Å². The Bertz CT molecular complexity index is 3150. The summed E-state index contributed by atoms with van der Waals surface area (Å²) in [5.74, 6) is 0.510. The van der Waals surface area contributed by atoms with Gasteiger partial charge in [0.15, 0.2) is 0 Å². The van der Waals surface area contributed by atoms with Gasteiger partial charge in [0.25, 0.3) is 0 Å². The van der Waals surface area contributed by atoms with Gasteiger partial charge in [0.1, 0.15) is 0 Å². The van der Waals surface area contributed by atoms with Crippen LogP contribution in [0.2, 0.25) is 0 Å². The fourth-order valence-corrected chi connectivity index (χ4v) is 11.1. The SMILES string of the molecule is Cc1cccc(C)c1-c1c2ccccc2c(-c2ccc3sc4c(C5=c6ccccc6=C(c6ccccc6)C6C=CC=CC56)cccc4c3c2)c2ccccc12. The molecule has 2 atom stereocenters. The van der Waals surface area contributed by atoms with Gasteiger partial charge in [0.2, 0.25) is 0 Å². The van der Waals surface area contributed by atoms with Crippen molar-refractivity contribution in [2.24, 2.45) is 11.8 Å². The second-order valence-corrected chi connectivity index (χ2v) is 16.2. The molecule has 0 amide bonds. The highest BCUT2D eigenvalue weighted by Gasteiger charge is 2.32. The topological polar surface area (TPSA) is 0 Å². The molecule has 55 heavy (non-hydrogen) atoms. The Morgan fingerprint density at radius 3 is 1.62 bits per heavy atom. The van der Waals surface area contributed by atoms with Crippen molar-refractivity contribution in [3.05, 3.63) is 215 Å². The van der Waals surface area contributed by atoms with E-state index in [4.69, 9.17) is 0 Å². The molecule has 1 heteroatoms. The minimum absolute atomic E-state index is 0.245. The summed E-state index contributed by atoms with van der Waals surface area (Å²) in [7, 11) is 0. The van der Waals surface area contributed by atoms with Gasteiger partial charge in [-0.3, -0.25) is 0 Å². The lowest BCUT2D eigenvalue weighted by Crippen LogP contribution is -2.40. The van der Waals surface area contributed by atoms with Gasteiger partial charge in [-0.15, -0.1) is 11.3 Å². The van der Waals surface area contributed by atoms with Crippen molar-refractivity contribution in [3.63, 3.8) is 0 Å². The van der Waals surface area contributed by atoms with Gasteiger partial charge in [-0.05, 0) is 114 Å². The second-order valence-electron chi connectivity index (χ2n) is 15.2. The Morgan fingerprint density at radius 2 is 0.945 bits per heavy atom. The van der Waals surface area contributed by atoms with Gasteiger partial charge in [-0.2, -0.15) is 0 Å². The van der Waals surface area contributed by atoms with Crippen molar-refractivity contribution in [2.45, 2.75) is 13.8 Å². The molecule has 0 fully saturated rings. The van der Waals surface area contributed by atoms with E-state index in [9.17, 15) is 0 Å². The normalized spacial score (nSPS) is 16.3. The molecule has 8 aromatic carbocycles. The molecule has 2 aliphatic carbocycles. The predicted octanol–water partition coefficient (Wildman–Crippen LogP) is 13.1. The van der Waals surface area contributed by atoms with E-state index in [1.54, 1.807) is 0 Å². The highest BCUT2D eigenvalue weighted by Crippen LogP contribution is 2.48. The smallest absolute Gasteiger partial charge is 0.0431 e. The van der Waals surface area contributed by atoms with Crippen LogP contribution in [0.5, 0.6) is 0 Å². The molecule has 1 aromatic heterocycles. The number of allylic oxidation sites excluding steroid dienone is 4. The lowest BCUT2D eigenvalue weighted by atomic mass is 9.70. The first kappa shape index (κ1) is 32.2. The number of rotatable bonds is 4. The Kier molecular flexibility index (Phi) is 7.40. The highest BCUT2D eigenvalue weighted by atomic mass is 32.1. The fraction of sp³-hybridized carbons (Fsp3) is 0.0741. The van der Waals surface area contributed by atoms with Crippen molar-refractivity contribution in [1.82, 2.24) is 0 Å². The average molecular weight is 719 g/mol. The number of aryl methyl sites for hydroxylation is 2. The van der Waals surface area contributed by atoms with Crippen molar-refractivity contribution in [2.75, 3.05) is 0 Å². The van der Waals surface area contributed by atoms with E-state index >= 15 is 0 Å². The Morgan fingerprint density at radius 1 is 0.400 bits per heavy atom. The number of fused-ring (bicyclic) bond motifs is 7. The van der Waals surface area contributed by atoms with Crippen LogP contribution in [0.3, 0.4) is 0 Å². The maximum atomic E-state index is 2.47. The average Bonchev–Trinajstić information content (AvgIpc) is 3.61. The third-order valence-electron chi connectivity index (χ3n) is 12.1. The lowest BCUT2D eigenvalue weighted by Gasteiger charge is -2.33. The van der Waals surface area contributed by atoms with E-state index in [0.29, 0.717) is 0 Å². The molecular weight excluding hydrogens is 681 g/mol. The maximum Gasteiger partial charge on any atom is 0.0431 e. The van der Waals surface area contributed by atoms with E-state index in [2.05, 4.69) is 196 Å². The third-order valence-corrected chi connectivity index (χ3v) is 13.4. The molecule has 0 spiro atoms. The van der Waals surface area contributed by atoms with Crippen molar-refractivity contribution in [3.8, 4) is 22.3 Å². The van der Waals surface area contributed by atoms with E-state index < -0.39 is 0 Å². The van der Waals surface area contributed by atoms with E-state index in [1.165, 1.54) is 108 Å². The van der Waals surface area contributed by atoms with Crippen LogP contribution in [-0.4, -0.2) is 0 Å². The molecule has 0 saturated heterocycles. The molecule has 11 rings (SSSR count). The van der Waals surface area contributed by atoms with Crippen LogP contribution in [-0.2, 0) is 0 Å². The molecule has 2 unspecified atom stereocenters. The molecule has 0 nitrogen and oxygen atoms in total. The zero-order chi connectivity index (χ0) is 36.6. The fourth-order valence-electron chi connectivity index (χ4n) is 9.84. The van der Waals surface area contributed by atoms with Crippen LogP contribution in [0.15, 0.2) is 182 Å². The Hall–Kier alpha value is -6.28. The van der Waals surface area contributed by atoms with Crippen LogP contribution in [0.1, 0.15) is 22.3 Å². The van der Waals surface area contributed by atoms with Gasteiger partial charge < -0.3 is 0 Å². The predicted molar refractivity (Wildman–Crippen MR) is 237 cm³/mol. The molecule has 0 bridgehead atoms. The summed E-state index contributed by atoms with van der Waals surface area (Å²) in [6.45, 7) is 4.49. The van der Waals surface area contributed by atoms with Crippen molar-refractivity contribution < 1.29 is 0 Å². The lowest BCUT2D eigenvalue weighted by molar-refractivity contribution is 0.687. The summed E-state index contributed by atoms with van der Waals surface area (Å²) in [5, 5.41) is 10.5. The molecule has 9 aromatic rings. The monoisotopic (exact) mass is 718 g/mol. The van der Waals surface area contributed by atoms with Crippen LogP contribution < -0.4 is 10.4 Å². The molecule has 0 radical (unpaired) electrons. The van der Waals surface area contributed by atoms with Crippen LogP contribution in [0.25, 0.3) is 75.1 Å². The summed E-state index contributed by atoms with van der Waals surface area (Å²) < 4.78 is 2.69. The third kappa shape index (κ3) is 4.90. The molecule has 2 aliphatic rings. The summed E-state index contributed by atoms with van der Waals surface area (Å²) in [4.78, 5) is 0. The van der Waals surface area contributed by atoms with E-state index in [1.807, 2.05) is 11.3 Å². The number of hydrogen-bond donors (Lipinski definition) is 0. The van der Waals surface area contributed by atoms with Crippen LogP contribution in [0, 0.1) is 25.7 Å². The van der Waals surface area contributed by atoms with Gasteiger partial charge >= 0.3 is 0 Å². The summed E-state index contributed by atoms with van der Waals surface area (Å²) in [5.41, 5.74) is 13.4. The Balaban J connectivity index is 1.17. The zero-order valence-corrected chi connectivity index (χ0v) is 31.7. The minimum Gasteiger partial charge on any atom is -0.135 e. The quantitative estimate of drug-likeness (QED) is 0.159. The number of thiophene rings is 1. The number of benzene rings is 8. The first-order valence-corrected chi connectivity index (χ1v) is 20.2. The highest BCUT2D eigenvalue weighted by molar-refractivity contribution is 7.26. The molecule has 0 saturated carbocycles. The standard InChI is InChI=1S/C54H38S/c1-33-16-14-17-34(2)49(33)53-43-26-12-8-22-39(43)51(40-23-9-13-27-44(40)53)36-30-31-48-47(32-36)45-28-15-29-46(54(45)55-48)52-41-24-10-6-20-37(41)50(35-18-4-3-5-19-35)38-21-7-11-25-42(38)52/h3-32,37,41H,1-2H3. The molecular formula is C54H38S. The molecule has 1 heterocycles. The van der Waals surface area contributed by atoms with Gasteiger partial charge in [0, 0.05) is 32.0 Å². The molecule has 260 valence electrons.